The molecule has 0 bridgehead atoms. The van der Waals surface area contributed by atoms with Gasteiger partial charge in [0.2, 0.25) is 27.3 Å². The van der Waals surface area contributed by atoms with E-state index < -0.39 is 45.2 Å². The van der Waals surface area contributed by atoms with Gasteiger partial charge in [-0.25, -0.2) is 17.9 Å². The van der Waals surface area contributed by atoms with Crippen molar-refractivity contribution in [3.05, 3.63) is 75.4 Å². The Morgan fingerprint density at radius 2 is 1.57 bits per heavy atom. The Morgan fingerprint density at radius 3 is 2.20 bits per heavy atom. The number of hydrogen-bond donors (Lipinski definition) is 3. The number of fused-ring (bicyclic) bond motifs is 4. The number of carbonyl (C=O) groups is 4. The van der Waals surface area contributed by atoms with Crippen molar-refractivity contribution in [2.24, 2.45) is 5.41 Å². The van der Waals surface area contributed by atoms with Crippen LogP contribution in [0.1, 0.15) is 85.6 Å². The Hall–Kier alpha value is -4.88. The molecule has 0 saturated heterocycles. The van der Waals surface area contributed by atoms with E-state index in [9.17, 15) is 32.4 Å². The third-order valence-corrected chi connectivity index (χ3v) is 10.2. The lowest BCUT2D eigenvalue weighted by molar-refractivity contribution is -0.124. The molecule has 49 heavy (non-hydrogen) atoms. The van der Waals surface area contributed by atoms with E-state index in [0.29, 0.717) is 25.7 Å². The van der Waals surface area contributed by atoms with Crippen LogP contribution in [-0.4, -0.2) is 45.1 Å². The number of unbranched alkanes of at least 4 members (excludes halogenated alkanes) is 2. The highest BCUT2D eigenvalue weighted by atomic mass is 32.2. The number of amides is 2. The number of nitrogens with one attached hydrogen (secondary N) is 3. The summed E-state index contributed by atoms with van der Waals surface area (Å²) >= 11 is 0. The maximum atomic E-state index is 14.1. The van der Waals surface area contributed by atoms with Gasteiger partial charge in [-0.2, -0.15) is 0 Å². The van der Waals surface area contributed by atoms with Crippen LogP contribution in [0, 0.1) is 12.3 Å². The number of Topliss-reactive ketones (excluding diaryl/α,β-unsaturated/α-hetero) is 1. The molecule has 0 unspecified atom stereocenters. The maximum absolute atomic E-state index is 14.1. The van der Waals surface area contributed by atoms with E-state index in [1.165, 1.54) is 36.4 Å². The summed E-state index contributed by atoms with van der Waals surface area (Å²) in [5, 5.41) is 5.37. The van der Waals surface area contributed by atoms with Gasteiger partial charge in [-0.15, -0.1) is 0 Å². The number of carbonyl (C=O) groups excluding carboxylic acids is 4. The number of benzene rings is 3. The van der Waals surface area contributed by atoms with Crippen molar-refractivity contribution >= 4 is 66.9 Å². The second-order valence-corrected chi connectivity index (χ2v) is 13.9. The van der Waals surface area contributed by atoms with Crippen LogP contribution in [0.3, 0.4) is 0 Å². The minimum Gasteiger partial charge on any atom is -0.462 e. The molecule has 258 valence electrons. The first-order valence-corrected chi connectivity index (χ1v) is 17.8. The summed E-state index contributed by atoms with van der Waals surface area (Å²) in [5.41, 5.74) is -1.12. The predicted molar refractivity (Wildman–Crippen MR) is 185 cm³/mol. The van der Waals surface area contributed by atoms with Crippen molar-refractivity contribution in [1.82, 2.24) is 4.72 Å². The maximum Gasteiger partial charge on any atom is 0.338 e. The van der Waals surface area contributed by atoms with Gasteiger partial charge in [0.1, 0.15) is 5.41 Å². The lowest BCUT2D eigenvalue weighted by Gasteiger charge is -2.35. The van der Waals surface area contributed by atoms with E-state index >= 15 is 0 Å². The van der Waals surface area contributed by atoms with Crippen LogP contribution in [0.4, 0.5) is 11.4 Å². The second-order valence-electron chi connectivity index (χ2n) is 12.2. The van der Waals surface area contributed by atoms with Crippen molar-refractivity contribution < 1.29 is 36.7 Å². The molecule has 13 heteroatoms. The largest absolute Gasteiger partial charge is 0.462 e. The smallest absolute Gasteiger partial charge is 0.338 e. The molecule has 0 radical (unpaired) electrons. The molecule has 1 aliphatic heterocycles. The topological polar surface area (TPSA) is 178 Å². The molecule has 3 N–H and O–H groups in total. The van der Waals surface area contributed by atoms with Crippen LogP contribution in [0.25, 0.3) is 21.9 Å². The molecule has 0 atom stereocenters. The van der Waals surface area contributed by atoms with E-state index in [2.05, 4.69) is 15.4 Å². The highest BCUT2D eigenvalue weighted by molar-refractivity contribution is 7.89. The van der Waals surface area contributed by atoms with Gasteiger partial charge >= 0.3 is 5.97 Å². The van der Waals surface area contributed by atoms with E-state index in [1.807, 2.05) is 20.8 Å². The number of rotatable bonds is 13. The first kappa shape index (κ1) is 35.4. The average Bonchev–Trinajstić information content (AvgIpc) is 3.08. The van der Waals surface area contributed by atoms with E-state index in [1.54, 1.807) is 19.1 Å². The van der Waals surface area contributed by atoms with Crippen LogP contribution in [0.15, 0.2) is 62.6 Å². The standard InChI is InChI=1S/C36H39N3O9S/c1-5-8-16-36(17-9-6-2)33(42)24-14-15-25-30(41)26-18-22(34(43)47-7-3)19-27(31(26)48-32(25)29(24)39-35(36)44)38-28(40)20-37-49(45,46)23-12-10-21(4)11-13-23/h10-15,18-19,37H,5-9,16-17,20H2,1-4H3,(H,38,40)(H,39,44). The second kappa shape index (κ2) is 14.3. The molecule has 0 spiro atoms. The number of anilines is 2. The van der Waals surface area contributed by atoms with Gasteiger partial charge in [-0.3, -0.25) is 19.2 Å². The Balaban J connectivity index is 1.60. The third-order valence-electron chi connectivity index (χ3n) is 8.75. The predicted octanol–water partition coefficient (Wildman–Crippen LogP) is 5.85. The van der Waals surface area contributed by atoms with Gasteiger partial charge in [0.05, 0.1) is 45.8 Å². The first-order chi connectivity index (χ1) is 23.4. The Kier molecular flexibility index (Phi) is 10.3. The molecule has 12 nitrogen and oxygen atoms in total. The summed E-state index contributed by atoms with van der Waals surface area (Å²) in [6.45, 7) is 6.76. The van der Waals surface area contributed by atoms with Crippen LogP contribution < -0.4 is 20.8 Å². The van der Waals surface area contributed by atoms with Crippen molar-refractivity contribution in [3.8, 4) is 0 Å². The molecule has 0 aliphatic carbocycles. The first-order valence-electron chi connectivity index (χ1n) is 16.3. The molecule has 4 aromatic rings. The van der Waals surface area contributed by atoms with Gasteiger partial charge in [0.15, 0.2) is 16.9 Å². The third kappa shape index (κ3) is 6.86. The lowest BCUT2D eigenvalue weighted by Crippen LogP contribution is -2.47. The van der Waals surface area contributed by atoms with Gasteiger partial charge in [0.25, 0.3) is 0 Å². The van der Waals surface area contributed by atoms with Crippen LogP contribution in [0.2, 0.25) is 0 Å². The molecule has 2 heterocycles. The number of sulfonamides is 1. The summed E-state index contributed by atoms with van der Waals surface area (Å²) in [4.78, 5) is 67.6. The van der Waals surface area contributed by atoms with E-state index in [4.69, 9.17) is 9.15 Å². The molecule has 0 fully saturated rings. The quantitative estimate of drug-likeness (QED) is 0.0882. The van der Waals surface area contributed by atoms with Gasteiger partial charge in [-0.05, 0) is 63.1 Å². The van der Waals surface area contributed by atoms with Gasteiger partial charge in [0, 0.05) is 5.56 Å². The average molecular weight is 690 g/mol. The molecule has 5 rings (SSSR count). The van der Waals surface area contributed by atoms with Crippen molar-refractivity contribution in [3.63, 3.8) is 0 Å². The highest BCUT2D eigenvalue weighted by Gasteiger charge is 2.49. The zero-order valence-corrected chi connectivity index (χ0v) is 28.7. The molecule has 3 aromatic carbocycles. The number of ketones is 1. The minimum atomic E-state index is -4.04. The summed E-state index contributed by atoms with van der Waals surface area (Å²) in [5.74, 6) is -2.40. The van der Waals surface area contributed by atoms with Crippen LogP contribution in [0.5, 0.6) is 0 Å². The zero-order chi connectivity index (χ0) is 35.5. The van der Waals surface area contributed by atoms with Gasteiger partial charge < -0.3 is 19.8 Å². The summed E-state index contributed by atoms with van der Waals surface area (Å²) < 4.78 is 39.2. The number of ether oxygens (including phenoxy) is 1. The van der Waals surface area contributed by atoms with Gasteiger partial charge in [-0.1, -0.05) is 57.2 Å². The molecule has 0 saturated carbocycles. The zero-order valence-electron chi connectivity index (χ0n) is 27.9. The van der Waals surface area contributed by atoms with E-state index in [-0.39, 0.29) is 61.7 Å². The van der Waals surface area contributed by atoms with Crippen LogP contribution >= 0.6 is 0 Å². The Labute approximate surface area is 283 Å². The van der Waals surface area contributed by atoms with E-state index in [0.717, 1.165) is 18.4 Å². The fourth-order valence-electron chi connectivity index (χ4n) is 6.05. The molecule has 2 amide bonds. The minimum absolute atomic E-state index is 0.0344. The number of aryl methyl sites for hydroxylation is 1. The summed E-state index contributed by atoms with van der Waals surface area (Å²) in [6, 6.07) is 11.6. The number of hydrogen-bond acceptors (Lipinski definition) is 9. The lowest BCUT2D eigenvalue weighted by atomic mass is 9.69. The van der Waals surface area contributed by atoms with Crippen LogP contribution in [-0.2, 0) is 24.3 Å². The molecule has 1 aromatic heterocycles. The monoisotopic (exact) mass is 689 g/mol. The fourth-order valence-corrected chi connectivity index (χ4v) is 7.03. The van der Waals surface area contributed by atoms with Crippen molar-refractivity contribution in [1.29, 1.82) is 0 Å². The normalized spacial score (nSPS) is 14.0. The fraction of sp³-hybridized carbons (Fsp3) is 0.361. The summed E-state index contributed by atoms with van der Waals surface area (Å²) in [7, 11) is -4.04. The summed E-state index contributed by atoms with van der Waals surface area (Å²) in [6.07, 6.45) is 3.73. The molecular formula is C36H39N3O9S. The number of esters is 1. The molecule has 1 aliphatic rings. The van der Waals surface area contributed by atoms with Crippen molar-refractivity contribution in [2.75, 3.05) is 23.8 Å². The Bertz CT molecular complexity index is 2130. The molecular weight excluding hydrogens is 650 g/mol. The highest BCUT2D eigenvalue weighted by Crippen LogP contribution is 2.44. The van der Waals surface area contributed by atoms with Crippen molar-refractivity contribution in [2.45, 2.75) is 71.1 Å². The Morgan fingerprint density at radius 1 is 0.898 bits per heavy atom. The SMILES string of the molecule is CCCCC1(CCCC)C(=O)Nc2c(ccc3c(=O)c4cc(C(=O)OCC)cc(NC(=O)CNS(=O)(=O)c5ccc(C)cc5)c4oc23)C1=O.